The Hall–Kier alpha value is -10.2. The van der Waals surface area contributed by atoms with Crippen molar-refractivity contribution in [3.05, 3.63) is 154 Å². The van der Waals surface area contributed by atoms with E-state index in [1.807, 2.05) is 0 Å². The number of para-hydroxylation sites is 1. The van der Waals surface area contributed by atoms with Crippen molar-refractivity contribution in [1.82, 2.24) is 97.2 Å². The number of anilines is 5. The summed E-state index contributed by atoms with van der Waals surface area (Å²) in [6, 6.07) is 8.47. The average molecular weight is 1910 g/mol. The Morgan fingerprint density at radius 1 is 0.411 bits per heavy atom. The van der Waals surface area contributed by atoms with Crippen LogP contribution in [0.2, 0.25) is 0 Å². The van der Waals surface area contributed by atoms with Crippen molar-refractivity contribution in [2.24, 2.45) is 0 Å². The molecule has 129 heavy (non-hydrogen) atoms. The lowest BCUT2D eigenvalue weighted by Gasteiger charge is -2.26. The first-order valence-electron chi connectivity index (χ1n) is 38.9. The van der Waals surface area contributed by atoms with Gasteiger partial charge >= 0.3 is 50.5 Å². The number of fused-ring (bicyclic) bond motifs is 4. The van der Waals surface area contributed by atoms with E-state index in [0.717, 1.165) is 38.9 Å². The Morgan fingerprint density at radius 2 is 0.744 bits per heavy atom. The van der Waals surface area contributed by atoms with E-state index in [1.165, 1.54) is 52.7 Å². The number of ether oxygens (including phenoxy) is 6. The number of phosphoric ester groups is 5. The summed E-state index contributed by atoms with van der Waals surface area (Å²) in [5.74, 6) is -0.490. The van der Waals surface area contributed by atoms with Gasteiger partial charge in [0, 0.05) is 67.7 Å². The number of aryl methyl sites for hydroxylation is 2. The second kappa shape index (κ2) is 36.2. The molecule has 6 saturated heterocycles. The highest BCUT2D eigenvalue weighted by molar-refractivity contribution is 7.48. The molecule has 0 aliphatic carbocycles. The van der Waals surface area contributed by atoms with Gasteiger partial charge in [-0.25, -0.2) is 72.3 Å². The molecule has 0 saturated carbocycles. The number of hydrogen-bond donors (Lipinski definition) is 15. The number of aliphatic hydroxyl groups is 2. The number of imidazole rings is 4. The minimum Gasteiger partial charge on any atom is -0.394 e. The Kier molecular flexibility index (Phi) is 25.4. The Morgan fingerprint density at radius 3 is 1.15 bits per heavy atom. The van der Waals surface area contributed by atoms with E-state index >= 15 is 0 Å². The van der Waals surface area contributed by atoms with E-state index < -0.39 is 255 Å². The number of aliphatic hydroxyl groups excluding tert-OH is 2. The molecule has 58 nitrogen and oxygen atoms in total. The minimum atomic E-state index is -5.69. The normalized spacial score (nSPS) is 28.4. The molecule has 6 aliphatic heterocycles. The first kappa shape index (κ1) is 90.7. The third-order valence-electron chi connectivity index (χ3n) is 21.5. The lowest BCUT2D eigenvalue weighted by Crippen LogP contribution is -2.33. The van der Waals surface area contributed by atoms with E-state index in [-0.39, 0.29) is 86.2 Å². The molecule has 5 unspecified atom stereocenters. The molecule has 0 amide bonds. The lowest BCUT2D eigenvalue weighted by atomic mass is 10.2. The SMILES string of the molecule is Cc1cn([C@H]2C[C@H](OP(=O)(O)OC[C@H]3O[C@@H](n4cnc5c(N)ncnc54)C[C@@H]3OP(=O)(O)OC[C@H]3O[C@@H](n4cnc5c(=O)[nH]c(Nc6ccccc6)nc54)C[C@@H]3OP(=O)(O)OC[C@H]3O[C@@H](n4cnc5c(=O)[nH]c(N)nc54)C[C@@H]3OP(=O)(O)OC[C@H]3O[C@@H](n4cc(C)c(=O)[nH]c4=O)C[C@@H]3OP(=O)(O)OC[C@H]3O[C@@H](n4cnc5c(N)ncnc54)C[C@@H]3O)[C@@H](CO)O2)c(=O)[nH]c1=O. The molecule has 18 N–H and O–H groups in total. The van der Waals surface area contributed by atoms with Crippen LogP contribution in [0.5, 0.6) is 0 Å². The predicted octanol–water partition coefficient (Wildman–Crippen LogP) is -0.271. The molecule has 63 heteroatoms. The first-order valence-corrected chi connectivity index (χ1v) is 46.4. The Bertz CT molecular complexity index is 6710. The molecule has 0 radical (unpaired) electrons. The molecule has 17 rings (SSSR count). The number of nitrogens with zero attached hydrogens (tertiary/aromatic N) is 16. The van der Waals surface area contributed by atoms with Crippen LogP contribution in [0.1, 0.15) is 87.0 Å². The first-order chi connectivity index (χ1) is 61.4. The summed E-state index contributed by atoms with van der Waals surface area (Å²) in [6.07, 6.45) is -20.1. The van der Waals surface area contributed by atoms with Crippen LogP contribution in [-0.2, 0) is 96.5 Å². The number of H-pyrrole nitrogens is 4. The van der Waals surface area contributed by atoms with Crippen LogP contribution in [0, 0.1) is 13.8 Å². The fraction of sp³-hybridized carbons (Fsp3) is 0.485. The molecule has 6 fully saturated rings. The highest BCUT2D eigenvalue weighted by Crippen LogP contribution is 2.57. The van der Waals surface area contributed by atoms with Crippen molar-refractivity contribution in [2.75, 3.05) is 62.2 Å². The molecule has 0 bridgehead atoms. The minimum absolute atomic E-state index is 0.00525. The molecule has 11 aromatic rings. The lowest BCUT2D eigenvalue weighted by molar-refractivity contribution is -0.0643. The number of aromatic nitrogens is 20. The van der Waals surface area contributed by atoms with Crippen molar-refractivity contribution >= 4 is 113 Å². The standard InChI is InChI=1S/C66H79N24O34P5/c1-28-14-85(65(97)83-59(28)93)44-9-32(37(16-91)114-44)120-126(101,102)110-19-40-34(11-46(117-40)88-25-75-50-54(68)71-23-73-56(50)88)122-128(105,106)113-21-42-36(13-48(119-42)90-27-77-52-58(90)80-64(82-62(52)96)78-30-6-4-3-5-7-30)124-129(107,108)112-20-41-35(12-47(118-41)89-26-76-51-57(89)79-63(69)81-61(51)95)123-127(103,104)111-18-39-33(10-45(116-39)86-15-29(2)60(94)84-66(86)98)121-125(99,100)109-17-38-31(92)8-43(115-38)87-24-74-49-53(67)70-22-72-55(49)87/h3-7,14-15,22-27,31-48,91-92H,8-13,16-21H2,1-2H3,(H,99,100)(H,101,102)(H,103,104)(H,105,106)(H,107,108)(H2,67,70,72)(H2,68,71,73)(H,83,93,97)(H,84,94,98)(H3,69,79,81,95)(H2,78,80,82,96)/t31-,32-,33-,34-,35-,36-,37+,38+,39+,40+,41+,42+,43+,44+,45+,46+,47+,48+/m0/s1. The largest absolute Gasteiger partial charge is 0.472 e. The van der Waals surface area contributed by atoms with Crippen LogP contribution < -0.4 is 56.1 Å². The van der Waals surface area contributed by atoms with Gasteiger partial charge < -0.3 is 85.6 Å². The summed E-state index contributed by atoms with van der Waals surface area (Å²) in [5.41, 5.74) is 13.4. The van der Waals surface area contributed by atoms with Crippen LogP contribution >= 0.6 is 39.1 Å². The van der Waals surface area contributed by atoms with Crippen molar-refractivity contribution in [3.8, 4) is 0 Å². The van der Waals surface area contributed by atoms with Crippen molar-refractivity contribution in [1.29, 1.82) is 0 Å². The number of nitrogen functional groups attached to an aromatic ring is 3. The quantitative estimate of drug-likeness (QED) is 0.0231. The molecular formula is C66H79N24O34P5. The molecule has 0 spiro atoms. The van der Waals surface area contributed by atoms with E-state index in [2.05, 4.69) is 75.1 Å². The van der Waals surface area contributed by atoms with E-state index in [9.17, 15) is 86.3 Å². The van der Waals surface area contributed by atoms with Crippen molar-refractivity contribution in [2.45, 2.75) is 163 Å². The number of aromatic amines is 4. The van der Waals surface area contributed by atoms with Crippen LogP contribution in [0.4, 0.5) is 29.2 Å². The second-order valence-electron chi connectivity index (χ2n) is 30.1. The summed E-state index contributed by atoms with van der Waals surface area (Å²) in [5, 5.41) is 24.3. The summed E-state index contributed by atoms with van der Waals surface area (Å²) in [7, 11) is -27.6. The maximum atomic E-state index is 14.8. The van der Waals surface area contributed by atoms with Crippen LogP contribution in [-0.4, -0.2) is 245 Å². The summed E-state index contributed by atoms with van der Waals surface area (Å²) >= 11 is 0. The topological polar surface area (TPSA) is 789 Å². The van der Waals surface area contributed by atoms with Crippen LogP contribution in [0.15, 0.2) is 109 Å². The molecule has 692 valence electrons. The van der Waals surface area contributed by atoms with Gasteiger partial charge in [0.25, 0.3) is 22.2 Å². The van der Waals surface area contributed by atoms with Gasteiger partial charge in [-0.1, -0.05) is 18.2 Å². The van der Waals surface area contributed by atoms with Crippen LogP contribution in [0.25, 0.3) is 44.7 Å². The zero-order chi connectivity index (χ0) is 91.1. The monoisotopic (exact) mass is 1910 g/mol. The van der Waals surface area contributed by atoms with Gasteiger partial charge in [0.15, 0.2) is 45.3 Å². The van der Waals surface area contributed by atoms with Crippen LogP contribution in [0.3, 0.4) is 0 Å². The maximum Gasteiger partial charge on any atom is 0.472 e. The van der Waals surface area contributed by atoms with E-state index in [4.69, 9.17) is 90.9 Å². The summed E-state index contributed by atoms with van der Waals surface area (Å²) in [6.45, 7) is -3.12. The number of rotatable bonds is 34. The average Bonchev–Trinajstić information content (AvgIpc) is 1.59. The Labute approximate surface area is 717 Å². The highest BCUT2D eigenvalue weighted by atomic mass is 31.2. The highest BCUT2D eigenvalue weighted by Gasteiger charge is 2.52. The summed E-state index contributed by atoms with van der Waals surface area (Å²) < 4.78 is 171. The zero-order valence-corrected chi connectivity index (χ0v) is 71.1. The molecule has 16 heterocycles. The fourth-order valence-electron chi connectivity index (χ4n) is 15.3. The zero-order valence-electron chi connectivity index (χ0n) is 66.7. The number of nitrogens with one attached hydrogen (secondary N) is 5. The fourth-order valence-corrected chi connectivity index (χ4v) is 20.1. The molecule has 10 aromatic heterocycles. The van der Waals surface area contributed by atoms with Gasteiger partial charge in [0.2, 0.25) is 11.9 Å². The Balaban J connectivity index is 0.607. The number of benzene rings is 1. The van der Waals surface area contributed by atoms with Gasteiger partial charge in [0.05, 0.1) is 71.1 Å². The van der Waals surface area contributed by atoms with Crippen molar-refractivity contribution < 1.29 is 131 Å². The molecule has 1 aromatic carbocycles. The smallest absolute Gasteiger partial charge is 0.394 e. The maximum absolute atomic E-state index is 14.8. The third-order valence-corrected chi connectivity index (χ3v) is 26.5. The van der Waals surface area contributed by atoms with Gasteiger partial charge in [-0.3, -0.25) is 112 Å². The van der Waals surface area contributed by atoms with E-state index in [0.29, 0.717) is 5.69 Å². The van der Waals surface area contributed by atoms with Gasteiger partial charge in [0.1, 0.15) is 128 Å². The second-order valence-corrected chi connectivity index (χ2v) is 37.1. The third kappa shape index (κ3) is 19.8. The number of nitrogens with two attached hydrogens (primary N) is 3. The summed E-state index contributed by atoms with van der Waals surface area (Å²) in [4.78, 5) is 186. The predicted molar refractivity (Wildman–Crippen MR) is 430 cm³/mol. The number of phosphoric acid groups is 5. The van der Waals surface area contributed by atoms with Gasteiger partial charge in [-0.15, -0.1) is 0 Å². The molecule has 23 atom stereocenters. The number of hydrogen-bond acceptors (Lipinski definition) is 43. The van der Waals surface area contributed by atoms with Crippen molar-refractivity contribution in [3.63, 3.8) is 0 Å². The molecular weight excluding hydrogens is 1830 g/mol. The van der Waals surface area contributed by atoms with Gasteiger partial charge in [-0.2, -0.15) is 9.97 Å². The van der Waals surface area contributed by atoms with E-state index in [1.54, 1.807) is 30.3 Å². The van der Waals surface area contributed by atoms with Gasteiger partial charge in [-0.05, 0) is 26.0 Å². The molecule has 6 aliphatic rings.